The van der Waals surface area contributed by atoms with Crippen LogP contribution in [0.5, 0.6) is 5.75 Å². The number of aromatic amines is 1. The van der Waals surface area contributed by atoms with Crippen molar-refractivity contribution in [1.29, 1.82) is 0 Å². The van der Waals surface area contributed by atoms with E-state index in [9.17, 15) is 9.90 Å². The number of phenolic OH excluding ortho intramolecular Hbond substituents is 1. The van der Waals surface area contributed by atoms with Gasteiger partial charge in [-0.2, -0.15) is 5.10 Å². The fourth-order valence-corrected chi connectivity index (χ4v) is 2.46. The molecule has 1 aromatic heterocycles. The molecule has 1 aromatic carbocycles. The molecule has 0 spiro atoms. The van der Waals surface area contributed by atoms with Crippen LogP contribution in [0.4, 0.5) is 0 Å². The molecule has 2 aromatic rings. The van der Waals surface area contributed by atoms with E-state index in [0.29, 0.717) is 5.69 Å². The van der Waals surface area contributed by atoms with Gasteiger partial charge in [0, 0.05) is 18.3 Å². The van der Waals surface area contributed by atoms with Crippen LogP contribution in [0, 0.1) is 6.92 Å². The monoisotopic (exact) mass is 243 g/mol. The van der Waals surface area contributed by atoms with Crippen molar-refractivity contribution in [3.8, 4) is 5.75 Å². The first kappa shape index (κ1) is 10.8. The lowest BCUT2D eigenvalue weighted by molar-refractivity contribution is 0.0787. The van der Waals surface area contributed by atoms with Gasteiger partial charge in [-0.05, 0) is 24.6 Å². The SMILES string of the molecule is Cc1[nH]nc2c1[C@H](c1ccc(O)cc1)N(C)C2=O. The molecule has 0 saturated carbocycles. The number of hydrogen-bond donors (Lipinski definition) is 2. The lowest BCUT2D eigenvalue weighted by atomic mass is 9.99. The molecule has 0 fully saturated rings. The maximum absolute atomic E-state index is 12.1. The summed E-state index contributed by atoms with van der Waals surface area (Å²) in [6, 6.07) is 6.77. The van der Waals surface area contributed by atoms with Crippen LogP contribution in [-0.4, -0.2) is 33.2 Å². The molecule has 0 unspecified atom stereocenters. The van der Waals surface area contributed by atoms with E-state index in [0.717, 1.165) is 16.8 Å². The number of rotatable bonds is 1. The second-order valence-electron chi connectivity index (χ2n) is 4.52. The first-order chi connectivity index (χ1) is 8.59. The number of hydrogen-bond acceptors (Lipinski definition) is 3. The summed E-state index contributed by atoms with van der Waals surface area (Å²) in [4.78, 5) is 13.7. The Hall–Kier alpha value is -2.30. The molecular weight excluding hydrogens is 230 g/mol. The van der Waals surface area contributed by atoms with Gasteiger partial charge in [0.15, 0.2) is 5.69 Å². The molecule has 0 bridgehead atoms. The summed E-state index contributed by atoms with van der Waals surface area (Å²) in [6.07, 6.45) is 0. The number of H-pyrrole nitrogens is 1. The molecule has 3 rings (SSSR count). The number of nitrogens with one attached hydrogen (secondary N) is 1. The molecule has 1 aliphatic rings. The molecule has 2 N–H and O–H groups in total. The Balaban J connectivity index is 2.14. The fourth-order valence-electron chi connectivity index (χ4n) is 2.46. The van der Waals surface area contributed by atoms with E-state index in [-0.39, 0.29) is 17.7 Å². The van der Waals surface area contributed by atoms with Crippen LogP contribution in [0.2, 0.25) is 0 Å². The Morgan fingerprint density at radius 2 is 2.00 bits per heavy atom. The minimum absolute atomic E-state index is 0.0765. The minimum atomic E-state index is -0.133. The first-order valence-corrected chi connectivity index (χ1v) is 5.70. The van der Waals surface area contributed by atoms with Crippen LogP contribution in [0.25, 0.3) is 0 Å². The summed E-state index contributed by atoms with van der Waals surface area (Å²) in [6.45, 7) is 1.91. The zero-order valence-electron chi connectivity index (χ0n) is 10.1. The van der Waals surface area contributed by atoms with Gasteiger partial charge in [0.2, 0.25) is 0 Å². The normalized spacial score (nSPS) is 18.2. The van der Waals surface area contributed by atoms with Crippen molar-refractivity contribution in [2.75, 3.05) is 7.05 Å². The van der Waals surface area contributed by atoms with Gasteiger partial charge in [0.25, 0.3) is 5.91 Å². The highest BCUT2D eigenvalue weighted by atomic mass is 16.3. The van der Waals surface area contributed by atoms with Gasteiger partial charge < -0.3 is 10.0 Å². The number of aryl methyl sites for hydroxylation is 1. The number of phenols is 1. The molecule has 0 radical (unpaired) electrons. The zero-order chi connectivity index (χ0) is 12.9. The second-order valence-corrected chi connectivity index (χ2v) is 4.52. The Kier molecular flexibility index (Phi) is 2.16. The van der Waals surface area contributed by atoms with Crippen molar-refractivity contribution in [3.05, 3.63) is 46.8 Å². The summed E-state index contributed by atoms with van der Waals surface area (Å²) in [7, 11) is 1.76. The molecule has 2 heterocycles. The van der Waals surface area contributed by atoms with Gasteiger partial charge in [-0.3, -0.25) is 9.89 Å². The molecular formula is C13H13N3O2. The van der Waals surface area contributed by atoms with E-state index in [1.54, 1.807) is 24.1 Å². The number of nitrogens with zero attached hydrogens (tertiary/aromatic N) is 2. The van der Waals surface area contributed by atoms with Gasteiger partial charge in [-0.25, -0.2) is 0 Å². The van der Waals surface area contributed by atoms with Crippen molar-refractivity contribution in [2.45, 2.75) is 13.0 Å². The summed E-state index contributed by atoms with van der Waals surface area (Å²) in [5, 5.41) is 16.2. The number of amides is 1. The van der Waals surface area contributed by atoms with E-state index in [1.807, 2.05) is 19.1 Å². The maximum Gasteiger partial charge on any atom is 0.275 e. The highest BCUT2D eigenvalue weighted by molar-refractivity contribution is 5.98. The van der Waals surface area contributed by atoms with Crippen LogP contribution in [0.15, 0.2) is 24.3 Å². The summed E-state index contributed by atoms with van der Waals surface area (Å²) >= 11 is 0. The predicted octanol–water partition coefficient (Wildman–Crippen LogP) is 1.60. The number of aromatic nitrogens is 2. The number of aromatic hydroxyl groups is 1. The molecule has 0 aliphatic carbocycles. The number of benzene rings is 1. The van der Waals surface area contributed by atoms with Gasteiger partial charge in [-0.15, -0.1) is 0 Å². The molecule has 5 heteroatoms. The number of carbonyl (C=O) groups excluding carboxylic acids is 1. The van der Waals surface area contributed by atoms with E-state index in [4.69, 9.17) is 0 Å². The molecule has 5 nitrogen and oxygen atoms in total. The number of carbonyl (C=O) groups is 1. The second kappa shape index (κ2) is 3.60. The zero-order valence-corrected chi connectivity index (χ0v) is 10.1. The van der Waals surface area contributed by atoms with Gasteiger partial charge in [-0.1, -0.05) is 12.1 Å². The summed E-state index contributed by atoms with van der Waals surface area (Å²) in [5.41, 5.74) is 3.29. The molecule has 1 aliphatic heterocycles. The molecule has 0 saturated heterocycles. The third-order valence-corrected chi connectivity index (χ3v) is 3.39. The molecule has 92 valence electrons. The molecule has 1 atom stereocenters. The van der Waals surface area contributed by atoms with E-state index >= 15 is 0 Å². The molecule has 1 amide bonds. The topological polar surface area (TPSA) is 69.2 Å². The average Bonchev–Trinajstić information content (AvgIpc) is 2.84. The number of fused-ring (bicyclic) bond motifs is 1. The van der Waals surface area contributed by atoms with Crippen LogP contribution in [0.3, 0.4) is 0 Å². The van der Waals surface area contributed by atoms with Crippen LogP contribution < -0.4 is 0 Å². The summed E-state index contributed by atoms with van der Waals surface area (Å²) < 4.78 is 0. The lowest BCUT2D eigenvalue weighted by Gasteiger charge is -2.21. The first-order valence-electron chi connectivity index (χ1n) is 5.70. The fraction of sp³-hybridized carbons (Fsp3) is 0.231. The van der Waals surface area contributed by atoms with Crippen LogP contribution in [-0.2, 0) is 0 Å². The van der Waals surface area contributed by atoms with Crippen molar-refractivity contribution in [3.63, 3.8) is 0 Å². The van der Waals surface area contributed by atoms with Crippen molar-refractivity contribution >= 4 is 5.91 Å². The van der Waals surface area contributed by atoms with Crippen LogP contribution in [0.1, 0.15) is 33.4 Å². The third kappa shape index (κ3) is 1.33. The highest BCUT2D eigenvalue weighted by Gasteiger charge is 2.39. The van der Waals surface area contributed by atoms with E-state index < -0.39 is 0 Å². The van der Waals surface area contributed by atoms with Gasteiger partial charge in [0.05, 0.1) is 6.04 Å². The highest BCUT2D eigenvalue weighted by Crippen LogP contribution is 2.38. The largest absolute Gasteiger partial charge is 0.508 e. The predicted molar refractivity (Wildman–Crippen MR) is 65.4 cm³/mol. The van der Waals surface area contributed by atoms with Crippen molar-refractivity contribution in [2.24, 2.45) is 0 Å². The van der Waals surface area contributed by atoms with E-state index in [1.165, 1.54) is 0 Å². The summed E-state index contributed by atoms with van der Waals surface area (Å²) in [5.74, 6) is 0.141. The minimum Gasteiger partial charge on any atom is -0.508 e. The van der Waals surface area contributed by atoms with Crippen molar-refractivity contribution in [1.82, 2.24) is 15.1 Å². The third-order valence-electron chi connectivity index (χ3n) is 3.39. The quantitative estimate of drug-likeness (QED) is 0.799. The Labute approximate surface area is 104 Å². The smallest absolute Gasteiger partial charge is 0.275 e. The van der Waals surface area contributed by atoms with Gasteiger partial charge in [0.1, 0.15) is 5.75 Å². The Morgan fingerprint density at radius 1 is 1.33 bits per heavy atom. The van der Waals surface area contributed by atoms with E-state index in [2.05, 4.69) is 10.2 Å². The maximum atomic E-state index is 12.1. The molecule has 18 heavy (non-hydrogen) atoms. The Bertz CT molecular complexity index is 616. The van der Waals surface area contributed by atoms with Crippen molar-refractivity contribution < 1.29 is 9.90 Å². The Morgan fingerprint density at radius 3 is 2.67 bits per heavy atom. The lowest BCUT2D eigenvalue weighted by Crippen LogP contribution is -2.24. The van der Waals surface area contributed by atoms with Crippen LogP contribution >= 0.6 is 0 Å². The standard InChI is InChI=1S/C13H13N3O2/c1-7-10-11(15-14-7)13(18)16(2)12(10)8-3-5-9(17)6-4-8/h3-6,12,17H,1-2H3,(H,14,15)/t12-/m0/s1. The average molecular weight is 243 g/mol. The van der Waals surface area contributed by atoms with Gasteiger partial charge >= 0.3 is 0 Å².